The number of terminal acetylenes is 2. The van der Waals surface area contributed by atoms with Crippen LogP contribution in [0.4, 0.5) is 0 Å². The number of amides is 2. The highest BCUT2D eigenvalue weighted by Crippen LogP contribution is 2.25. The van der Waals surface area contributed by atoms with E-state index in [4.69, 9.17) is 27.2 Å². The first-order valence-electron chi connectivity index (χ1n) is 9.91. The molecule has 1 aliphatic rings. The van der Waals surface area contributed by atoms with Crippen LogP contribution in [0.15, 0.2) is 18.2 Å². The molecule has 0 aliphatic carbocycles. The minimum Gasteiger partial charge on any atom is -0.493 e. The van der Waals surface area contributed by atoms with Crippen molar-refractivity contribution in [2.75, 3.05) is 13.2 Å². The number of benzene rings is 1. The van der Waals surface area contributed by atoms with Crippen molar-refractivity contribution in [1.82, 2.24) is 5.06 Å². The van der Waals surface area contributed by atoms with E-state index in [0.29, 0.717) is 42.6 Å². The quantitative estimate of drug-likeness (QED) is 0.298. The summed E-state index contributed by atoms with van der Waals surface area (Å²) in [5.74, 6) is 4.05. The van der Waals surface area contributed by atoms with Gasteiger partial charge in [0.2, 0.25) is 0 Å². The van der Waals surface area contributed by atoms with E-state index in [9.17, 15) is 14.4 Å². The van der Waals surface area contributed by atoms with E-state index in [-0.39, 0.29) is 18.4 Å². The SMILES string of the molecule is C#CCCCCOc1cc(OCCCCC#C)cc(C(=O)ON2C(=O)CCC2=O)c1. The van der Waals surface area contributed by atoms with Gasteiger partial charge in [-0.3, -0.25) is 9.59 Å². The molecule has 7 heteroatoms. The van der Waals surface area contributed by atoms with E-state index in [1.807, 2.05) is 0 Å². The van der Waals surface area contributed by atoms with Crippen LogP contribution in [-0.4, -0.2) is 36.1 Å². The standard InChI is InChI=1S/C23H25NO6/c1-3-5-7-9-13-28-19-15-18(16-20(17-19)29-14-10-8-6-4-2)23(27)30-24-21(25)11-12-22(24)26/h1-2,15-17H,5-14H2. The van der Waals surface area contributed by atoms with E-state index in [0.717, 1.165) is 25.7 Å². The fraction of sp³-hybridized carbons (Fsp3) is 0.435. The van der Waals surface area contributed by atoms with Gasteiger partial charge in [0.1, 0.15) is 11.5 Å². The molecule has 158 valence electrons. The van der Waals surface area contributed by atoms with Gasteiger partial charge in [-0.2, -0.15) is 0 Å². The predicted octanol–water partition coefficient (Wildman–Crippen LogP) is 3.27. The Kier molecular flexibility index (Phi) is 9.27. The molecule has 1 heterocycles. The minimum atomic E-state index is -0.839. The lowest BCUT2D eigenvalue weighted by molar-refractivity contribution is -0.172. The Bertz CT molecular complexity index is 790. The largest absolute Gasteiger partial charge is 0.493 e. The molecule has 2 rings (SSSR count). The summed E-state index contributed by atoms with van der Waals surface area (Å²) in [5, 5.41) is 0.510. The molecule has 0 radical (unpaired) electrons. The maximum absolute atomic E-state index is 12.5. The van der Waals surface area contributed by atoms with Gasteiger partial charge >= 0.3 is 5.97 Å². The van der Waals surface area contributed by atoms with Crippen LogP contribution in [-0.2, 0) is 14.4 Å². The van der Waals surface area contributed by atoms with E-state index in [1.54, 1.807) is 6.07 Å². The molecule has 0 bridgehead atoms. The number of carbonyl (C=O) groups excluding carboxylic acids is 3. The number of carbonyl (C=O) groups is 3. The fourth-order valence-corrected chi connectivity index (χ4v) is 2.69. The molecular weight excluding hydrogens is 386 g/mol. The van der Waals surface area contributed by atoms with E-state index < -0.39 is 17.8 Å². The number of unbranched alkanes of at least 4 members (excludes halogenated alkanes) is 4. The van der Waals surface area contributed by atoms with Crippen molar-refractivity contribution in [3.8, 4) is 36.2 Å². The van der Waals surface area contributed by atoms with Gasteiger partial charge in [0.25, 0.3) is 11.8 Å². The van der Waals surface area contributed by atoms with Gasteiger partial charge in [-0.1, -0.05) is 0 Å². The van der Waals surface area contributed by atoms with Gasteiger partial charge < -0.3 is 14.3 Å². The number of hydrogen-bond acceptors (Lipinski definition) is 6. The number of nitrogens with zero attached hydrogens (tertiary/aromatic N) is 1. The van der Waals surface area contributed by atoms with Crippen LogP contribution in [0.3, 0.4) is 0 Å². The molecule has 0 aromatic heterocycles. The topological polar surface area (TPSA) is 82.1 Å². The molecule has 0 unspecified atom stereocenters. The molecule has 1 fully saturated rings. The number of rotatable bonds is 12. The van der Waals surface area contributed by atoms with Crippen LogP contribution < -0.4 is 9.47 Å². The van der Waals surface area contributed by atoms with Crippen LogP contribution in [0.5, 0.6) is 11.5 Å². The Morgan fingerprint density at radius 3 is 1.83 bits per heavy atom. The number of ether oxygens (including phenoxy) is 2. The summed E-state index contributed by atoms with van der Waals surface area (Å²) < 4.78 is 11.4. The van der Waals surface area contributed by atoms with Crippen LogP contribution in [0.1, 0.15) is 61.7 Å². The summed E-state index contributed by atoms with van der Waals surface area (Å²) in [4.78, 5) is 40.9. The highest BCUT2D eigenvalue weighted by molar-refractivity contribution is 6.02. The van der Waals surface area contributed by atoms with E-state index >= 15 is 0 Å². The molecule has 0 saturated carbocycles. The summed E-state index contributed by atoms with van der Waals surface area (Å²) >= 11 is 0. The third-order valence-electron chi connectivity index (χ3n) is 4.26. The minimum absolute atomic E-state index is 0.0267. The Morgan fingerprint density at radius 1 is 0.867 bits per heavy atom. The number of imide groups is 1. The second kappa shape index (κ2) is 12.2. The fourth-order valence-electron chi connectivity index (χ4n) is 2.69. The first-order valence-corrected chi connectivity index (χ1v) is 9.91. The molecule has 1 aromatic carbocycles. The zero-order chi connectivity index (χ0) is 21.8. The van der Waals surface area contributed by atoms with Crippen molar-refractivity contribution in [1.29, 1.82) is 0 Å². The van der Waals surface area contributed by atoms with E-state index in [1.165, 1.54) is 12.1 Å². The summed E-state index contributed by atoms with van der Waals surface area (Å²) in [5.41, 5.74) is 0.113. The zero-order valence-corrected chi connectivity index (χ0v) is 16.9. The van der Waals surface area contributed by atoms with Crippen molar-refractivity contribution in [3.05, 3.63) is 23.8 Å². The maximum atomic E-state index is 12.5. The van der Waals surface area contributed by atoms with Gasteiger partial charge in [-0.05, 0) is 37.8 Å². The van der Waals surface area contributed by atoms with Crippen molar-refractivity contribution >= 4 is 17.8 Å². The van der Waals surface area contributed by atoms with Gasteiger partial charge in [0.15, 0.2) is 0 Å². The summed E-state index contributed by atoms with van der Waals surface area (Å²) in [7, 11) is 0. The lowest BCUT2D eigenvalue weighted by Gasteiger charge is -2.15. The molecule has 0 atom stereocenters. The van der Waals surface area contributed by atoms with Crippen LogP contribution in [0.2, 0.25) is 0 Å². The van der Waals surface area contributed by atoms with Crippen molar-refractivity contribution in [3.63, 3.8) is 0 Å². The molecule has 0 N–H and O–H groups in total. The van der Waals surface area contributed by atoms with Gasteiger partial charge in [-0.15, -0.1) is 29.8 Å². The summed E-state index contributed by atoms with van der Waals surface area (Å²) in [6, 6.07) is 4.64. The predicted molar refractivity (Wildman–Crippen MR) is 109 cm³/mol. The lowest BCUT2D eigenvalue weighted by atomic mass is 10.2. The Morgan fingerprint density at radius 2 is 1.37 bits per heavy atom. The van der Waals surface area contributed by atoms with Gasteiger partial charge in [0, 0.05) is 31.7 Å². The molecule has 30 heavy (non-hydrogen) atoms. The molecule has 0 spiro atoms. The second-order valence-electron chi connectivity index (χ2n) is 6.67. The second-order valence-corrected chi connectivity index (χ2v) is 6.67. The molecule has 7 nitrogen and oxygen atoms in total. The Balaban J connectivity index is 2.06. The van der Waals surface area contributed by atoms with Crippen LogP contribution in [0, 0.1) is 24.7 Å². The highest BCUT2D eigenvalue weighted by Gasteiger charge is 2.33. The molecule has 1 aromatic rings. The average Bonchev–Trinajstić information content (AvgIpc) is 3.05. The molecular formula is C23H25NO6. The van der Waals surface area contributed by atoms with Crippen LogP contribution >= 0.6 is 0 Å². The van der Waals surface area contributed by atoms with Crippen molar-refractivity contribution < 1.29 is 28.7 Å². The van der Waals surface area contributed by atoms with E-state index in [2.05, 4.69) is 11.8 Å². The molecule has 1 aliphatic heterocycles. The van der Waals surface area contributed by atoms with Gasteiger partial charge in [-0.25, -0.2) is 4.79 Å². The highest BCUT2D eigenvalue weighted by atomic mass is 16.7. The maximum Gasteiger partial charge on any atom is 0.364 e. The smallest absolute Gasteiger partial charge is 0.364 e. The Labute approximate surface area is 176 Å². The first kappa shape index (κ1) is 22.8. The number of hydrogen-bond donors (Lipinski definition) is 0. The van der Waals surface area contributed by atoms with Crippen molar-refractivity contribution in [2.24, 2.45) is 0 Å². The third-order valence-corrected chi connectivity index (χ3v) is 4.26. The number of hydroxylamine groups is 2. The first-order chi connectivity index (χ1) is 14.5. The Hall–Kier alpha value is -3.45. The average molecular weight is 411 g/mol. The molecule has 1 saturated heterocycles. The lowest BCUT2D eigenvalue weighted by Crippen LogP contribution is -2.32. The van der Waals surface area contributed by atoms with Crippen LogP contribution in [0.25, 0.3) is 0 Å². The summed E-state index contributed by atoms with van der Waals surface area (Å²) in [6.07, 6.45) is 15.0. The monoisotopic (exact) mass is 411 g/mol. The zero-order valence-electron chi connectivity index (χ0n) is 16.9. The summed E-state index contributed by atoms with van der Waals surface area (Å²) in [6.45, 7) is 0.843. The third kappa shape index (κ3) is 7.18. The van der Waals surface area contributed by atoms with Crippen molar-refractivity contribution in [2.45, 2.75) is 51.4 Å². The molecule has 2 amide bonds. The normalized spacial score (nSPS) is 12.9. The van der Waals surface area contributed by atoms with Gasteiger partial charge in [0.05, 0.1) is 18.8 Å².